The van der Waals surface area contributed by atoms with Crippen molar-refractivity contribution in [2.75, 3.05) is 5.32 Å². The van der Waals surface area contributed by atoms with E-state index >= 15 is 0 Å². The molecule has 4 N–H and O–H groups in total. The number of rotatable bonds is 4. The molecule has 1 aromatic rings. The molecule has 0 saturated carbocycles. The quantitative estimate of drug-likeness (QED) is 0.683. The van der Waals surface area contributed by atoms with Gasteiger partial charge in [-0.15, -0.1) is 0 Å². The van der Waals surface area contributed by atoms with Crippen LogP contribution in [0.2, 0.25) is 10.0 Å². The fourth-order valence-corrected chi connectivity index (χ4v) is 1.64. The zero-order valence-corrected chi connectivity index (χ0v) is 11.4. The van der Waals surface area contributed by atoms with Gasteiger partial charge in [0, 0.05) is 0 Å². The van der Waals surface area contributed by atoms with E-state index in [9.17, 15) is 14.7 Å². The normalized spacial score (nSPS) is 13.5. The first-order valence-electron chi connectivity index (χ1n) is 5.25. The zero-order chi connectivity index (χ0) is 14.6. The minimum atomic E-state index is -1.42. The predicted molar refractivity (Wildman–Crippen MR) is 71.7 cm³/mol. The molecule has 2 unspecified atom stereocenters. The molecule has 0 aliphatic rings. The van der Waals surface area contributed by atoms with Crippen LogP contribution in [0.1, 0.15) is 6.92 Å². The van der Waals surface area contributed by atoms with E-state index in [2.05, 4.69) is 10.6 Å². The van der Waals surface area contributed by atoms with Crippen LogP contribution in [0.4, 0.5) is 10.5 Å². The summed E-state index contributed by atoms with van der Waals surface area (Å²) in [5.74, 6) is -1.35. The number of aliphatic hydroxyl groups is 1. The summed E-state index contributed by atoms with van der Waals surface area (Å²) in [5.41, 5.74) is 0.237. The smallest absolute Gasteiger partial charge is 0.328 e. The lowest BCUT2D eigenvalue weighted by atomic mass is 10.2. The maximum absolute atomic E-state index is 11.6. The van der Waals surface area contributed by atoms with Crippen LogP contribution < -0.4 is 10.6 Å². The number of carboxylic acid groups (broad SMARTS) is 1. The first-order valence-corrected chi connectivity index (χ1v) is 6.01. The first-order chi connectivity index (χ1) is 8.82. The van der Waals surface area contributed by atoms with Crippen molar-refractivity contribution in [1.29, 1.82) is 0 Å². The van der Waals surface area contributed by atoms with Gasteiger partial charge in [0.15, 0.2) is 6.04 Å². The molecule has 0 radical (unpaired) electrons. The second-order valence-corrected chi connectivity index (χ2v) is 4.54. The van der Waals surface area contributed by atoms with Crippen LogP contribution in [0.15, 0.2) is 18.2 Å². The standard InChI is InChI=1S/C11H12Cl2N2O4/c1-5(16)9(10(17)18)15-11(19)14-7-4-2-3-6(12)8(7)13/h2-5,9,16H,1H3,(H,17,18)(H2,14,15,19). The summed E-state index contributed by atoms with van der Waals surface area (Å²) in [6.45, 7) is 1.26. The van der Waals surface area contributed by atoms with E-state index in [1.165, 1.54) is 13.0 Å². The number of aliphatic carboxylic acids is 1. The maximum atomic E-state index is 11.6. The van der Waals surface area contributed by atoms with E-state index in [-0.39, 0.29) is 15.7 Å². The Labute approximate surface area is 119 Å². The van der Waals surface area contributed by atoms with E-state index in [0.29, 0.717) is 0 Å². The molecule has 0 aliphatic heterocycles. The highest BCUT2D eigenvalue weighted by Crippen LogP contribution is 2.29. The average Bonchev–Trinajstić information content (AvgIpc) is 2.31. The number of carboxylic acids is 1. The number of halogens is 2. The Morgan fingerprint density at radius 2 is 1.95 bits per heavy atom. The lowest BCUT2D eigenvalue weighted by Crippen LogP contribution is -2.49. The molecule has 1 aromatic carbocycles. The molecule has 0 aliphatic carbocycles. The summed E-state index contributed by atoms with van der Waals surface area (Å²) >= 11 is 11.6. The zero-order valence-electron chi connectivity index (χ0n) is 9.85. The summed E-state index contributed by atoms with van der Waals surface area (Å²) in [6, 6.07) is 2.40. The number of aliphatic hydroxyl groups excluding tert-OH is 1. The third-order valence-electron chi connectivity index (χ3n) is 2.23. The number of hydrogen-bond donors (Lipinski definition) is 4. The lowest BCUT2D eigenvalue weighted by molar-refractivity contribution is -0.141. The van der Waals surface area contributed by atoms with E-state index in [4.69, 9.17) is 28.3 Å². The van der Waals surface area contributed by atoms with E-state index in [1.807, 2.05) is 0 Å². The highest BCUT2D eigenvalue weighted by Gasteiger charge is 2.25. The molecule has 2 amide bonds. The van der Waals surface area contributed by atoms with Crippen molar-refractivity contribution in [2.24, 2.45) is 0 Å². The van der Waals surface area contributed by atoms with Crippen LogP contribution in [-0.2, 0) is 4.79 Å². The highest BCUT2D eigenvalue weighted by atomic mass is 35.5. The number of amides is 2. The molecule has 0 saturated heterocycles. The Morgan fingerprint density at radius 3 is 2.47 bits per heavy atom. The van der Waals surface area contributed by atoms with Crippen LogP contribution in [0.25, 0.3) is 0 Å². The van der Waals surface area contributed by atoms with Gasteiger partial charge in [-0.1, -0.05) is 29.3 Å². The Morgan fingerprint density at radius 1 is 1.32 bits per heavy atom. The summed E-state index contributed by atoms with van der Waals surface area (Å²) in [4.78, 5) is 22.4. The fraction of sp³-hybridized carbons (Fsp3) is 0.273. The second-order valence-electron chi connectivity index (χ2n) is 3.76. The van der Waals surface area contributed by atoms with Crippen molar-refractivity contribution in [3.63, 3.8) is 0 Å². The fourth-order valence-electron chi connectivity index (χ4n) is 1.29. The highest BCUT2D eigenvalue weighted by molar-refractivity contribution is 6.43. The average molecular weight is 307 g/mol. The van der Waals surface area contributed by atoms with Gasteiger partial charge >= 0.3 is 12.0 Å². The summed E-state index contributed by atoms with van der Waals surface area (Å²) < 4.78 is 0. The topological polar surface area (TPSA) is 98.7 Å². The Kier molecular flexibility index (Phi) is 5.41. The van der Waals surface area contributed by atoms with Crippen molar-refractivity contribution < 1.29 is 19.8 Å². The van der Waals surface area contributed by atoms with Gasteiger partial charge in [-0.3, -0.25) is 0 Å². The monoisotopic (exact) mass is 306 g/mol. The van der Waals surface area contributed by atoms with E-state index < -0.39 is 24.1 Å². The Bertz CT molecular complexity index is 494. The van der Waals surface area contributed by atoms with Crippen molar-refractivity contribution in [3.8, 4) is 0 Å². The molecular formula is C11H12Cl2N2O4. The van der Waals surface area contributed by atoms with Crippen LogP contribution in [-0.4, -0.2) is 34.4 Å². The largest absolute Gasteiger partial charge is 0.480 e. The molecule has 6 nitrogen and oxygen atoms in total. The van der Waals surface area contributed by atoms with Crippen LogP contribution in [0.5, 0.6) is 0 Å². The van der Waals surface area contributed by atoms with Gasteiger partial charge in [0.2, 0.25) is 0 Å². The van der Waals surface area contributed by atoms with E-state index in [0.717, 1.165) is 0 Å². The Hall–Kier alpha value is -1.50. The summed E-state index contributed by atoms with van der Waals surface area (Å²) in [7, 11) is 0. The molecular weight excluding hydrogens is 295 g/mol. The van der Waals surface area contributed by atoms with Gasteiger partial charge in [-0.2, -0.15) is 0 Å². The maximum Gasteiger partial charge on any atom is 0.328 e. The number of anilines is 1. The third kappa shape index (κ3) is 4.27. The predicted octanol–water partition coefficient (Wildman–Crippen LogP) is 1.95. The molecule has 1 rings (SSSR count). The molecule has 8 heteroatoms. The molecule has 0 fully saturated rings. The van der Waals surface area contributed by atoms with Gasteiger partial charge in [0.25, 0.3) is 0 Å². The van der Waals surface area contributed by atoms with Crippen LogP contribution in [0, 0.1) is 0 Å². The summed E-state index contributed by atoms with van der Waals surface area (Å²) in [6.07, 6.45) is -1.24. The van der Waals surface area contributed by atoms with Crippen LogP contribution >= 0.6 is 23.2 Å². The van der Waals surface area contributed by atoms with Gasteiger partial charge < -0.3 is 20.8 Å². The molecule has 0 aromatic heterocycles. The van der Waals surface area contributed by atoms with Crippen molar-refractivity contribution in [2.45, 2.75) is 19.1 Å². The number of benzene rings is 1. The van der Waals surface area contributed by atoms with Crippen molar-refractivity contribution in [1.82, 2.24) is 5.32 Å². The van der Waals surface area contributed by atoms with E-state index in [1.54, 1.807) is 12.1 Å². The van der Waals surface area contributed by atoms with Gasteiger partial charge in [0.1, 0.15) is 0 Å². The molecule has 2 atom stereocenters. The van der Waals surface area contributed by atoms with Gasteiger partial charge in [-0.05, 0) is 19.1 Å². The number of carbonyl (C=O) groups excluding carboxylic acids is 1. The Balaban J connectivity index is 2.75. The summed E-state index contributed by atoms with van der Waals surface area (Å²) in [5, 5.41) is 22.9. The number of nitrogens with one attached hydrogen (secondary N) is 2. The minimum Gasteiger partial charge on any atom is -0.480 e. The van der Waals surface area contributed by atoms with Gasteiger partial charge in [-0.25, -0.2) is 9.59 Å². The van der Waals surface area contributed by atoms with Crippen molar-refractivity contribution >= 4 is 40.9 Å². The molecule has 0 spiro atoms. The van der Waals surface area contributed by atoms with Crippen LogP contribution in [0.3, 0.4) is 0 Å². The molecule has 104 valence electrons. The molecule has 0 bridgehead atoms. The molecule has 19 heavy (non-hydrogen) atoms. The SMILES string of the molecule is CC(O)C(NC(=O)Nc1cccc(Cl)c1Cl)C(=O)O. The number of urea groups is 1. The number of carbonyl (C=O) groups is 2. The third-order valence-corrected chi connectivity index (χ3v) is 3.05. The van der Waals surface area contributed by atoms with Gasteiger partial charge in [0.05, 0.1) is 21.8 Å². The van der Waals surface area contributed by atoms with Crippen molar-refractivity contribution in [3.05, 3.63) is 28.2 Å². The first kappa shape index (κ1) is 15.6. The lowest BCUT2D eigenvalue weighted by Gasteiger charge is -2.17. The minimum absolute atomic E-state index is 0.142. The number of hydrogen-bond acceptors (Lipinski definition) is 3. The second kappa shape index (κ2) is 6.60. The molecule has 0 heterocycles.